The molecule has 182 valence electrons. The van der Waals surface area contributed by atoms with Crippen molar-refractivity contribution in [2.24, 2.45) is 5.41 Å². The summed E-state index contributed by atoms with van der Waals surface area (Å²) in [6.45, 7) is 2.59. The van der Waals surface area contributed by atoms with Gasteiger partial charge in [0, 0.05) is 39.1 Å². The van der Waals surface area contributed by atoms with Crippen LogP contribution < -0.4 is 10.1 Å². The zero-order chi connectivity index (χ0) is 24.0. The van der Waals surface area contributed by atoms with Crippen LogP contribution in [0.5, 0.6) is 5.75 Å². The van der Waals surface area contributed by atoms with Crippen molar-refractivity contribution in [1.82, 2.24) is 24.7 Å². The number of fused-ring (bicyclic) bond motifs is 9. The number of aromatic nitrogens is 2. The van der Waals surface area contributed by atoms with Crippen LogP contribution in [-0.2, 0) is 16.1 Å². The molecule has 0 radical (unpaired) electrons. The molecule has 9 nitrogen and oxygen atoms in total. The number of nitrogens with zero attached hydrogens (tertiary/aromatic N) is 4. The van der Waals surface area contributed by atoms with Crippen LogP contribution in [0.4, 0.5) is 0 Å². The Balaban J connectivity index is 1.56. The lowest BCUT2D eigenvalue weighted by Gasteiger charge is -2.40. The Kier molecular flexibility index (Phi) is 7.49. The Morgan fingerprint density at radius 3 is 2.62 bits per heavy atom. The summed E-state index contributed by atoms with van der Waals surface area (Å²) in [6, 6.07) is 7.24. The van der Waals surface area contributed by atoms with E-state index in [0.29, 0.717) is 56.9 Å². The van der Waals surface area contributed by atoms with Gasteiger partial charge >= 0.3 is 0 Å². The summed E-state index contributed by atoms with van der Waals surface area (Å²) in [5, 5.41) is 2.84. The number of para-hydroxylation sites is 1. The lowest BCUT2D eigenvalue weighted by molar-refractivity contribution is -0.134. The summed E-state index contributed by atoms with van der Waals surface area (Å²) in [6.07, 6.45) is 8.68. The fourth-order valence-electron chi connectivity index (χ4n) is 4.96. The average Bonchev–Trinajstić information content (AvgIpc) is 3.37. The lowest BCUT2D eigenvalue weighted by atomic mass is 9.73. The van der Waals surface area contributed by atoms with Crippen LogP contribution >= 0.6 is 0 Å². The number of carbonyl (C=O) groups excluding carboxylic acids is 3. The molecule has 1 saturated heterocycles. The van der Waals surface area contributed by atoms with E-state index in [-0.39, 0.29) is 24.3 Å². The first-order valence-corrected chi connectivity index (χ1v) is 12.0. The van der Waals surface area contributed by atoms with Crippen molar-refractivity contribution < 1.29 is 19.1 Å². The van der Waals surface area contributed by atoms with Gasteiger partial charge in [0.15, 0.2) is 0 Å². The Labute approximate surface area is 200 Å². The molecule has 2 bridgehead atoms. The molecule has 3 amide bonds. The number of rotatable bonds is 3. The first-order valence-electron chi connectivity index (χ1n) is 12.0. The van der Waals surface area contributed by atoms with Crippen molar-refractivity contribution in [2.75, 3.05) is 39.8 Å². The number of ether oxygens (including phenoxy) is 1. The van der Waals surface area contributed by atoms with Gasteiger partial charge in [0.05, 0.1) is 23.9 Å². The van der Waals surface area contributed by atoms with Crippen molar-refractivity contribution >= 4 is 17.7 Å². The summed E-state index contributed by atoms with van der Waals surface area (Å²) >= 11 is 0. The van der Waals surface area contributed by atoms with Crippen molar-refractivity contribution in [1.29, 1.82) is 0 Å². The van der Waals surface area contributed by atoms with E-state index in [1.807, 2.05) is 17.0 Å². The van der Waals surface area contributed by atoms with Gasteiger partial charge in [0.2, 0.25) is 11.8 Å². The van der Waals surface area contributed by atoms with Gasteiger partial charge in [-0.05, 0) is 37.8 Å². The molecular formula is C25H33N5O4. The number of piperidine rings is 1. The molecule has 9 heteroatoms. The van der Waals surface area contributed by atoms with Crippen molar-refractivity contribution in [3.63, 3.8) is 0 Å². The van der Waals surface area contributed by atoms with Crippen LogP contribution in [0.15, 0.2) is 43.0 Å². The largest absolute Gasteiger partial charge is 0.491 e. The summed E-state index contributed by atoms with van der Waals surface area (Å²) in [5.41, 5.74) is 0.0361. The molecule has 0 aliphatic carbocycles. The van der Waals surface area contributed by atoms with Gasteiger partial charge in [0.1, 0.15) is 18.9 Å². The van der Waals surface area contributed by atoms with E-state index in [4.69, 9.17) is 4.74 Å². The fraction of sp³-hybridized carbons (Fsp3) is 0.520. The number of benzene rings is 1. The highest BCUT2D eigenvalue weighted by atomic mass is 16.5. The normalized spacial score (nSPS) is 18.9. The molecular weight excluding hydrogens is 434 g/mol. The first kappa shape index (κ1) is 23.8. The number of amides is 3. The summed E-state index contributed by atoms with van der Waals surface area (Å²) in [5.74, 6) is 0.473. The second-order valence-corrected chi connectivity index (χ2v) is 9.07. The minimum absolute atomic E-state index is 0.0108. The molecule has 1 fully saturated rings. The van der Waals surface area contributed by atoms with Gasteiger partial charge in [-0.3, -0.25) is 14.4 Å². The Bertz CT molecular complexity index is 998. The van der Waals surface area contributed by atoms with E-state index < -0.39 is 5.41 Å². The van der Waals surface area contributed by atoms with Gasteiger partial charge in [0.25, 0.3) is 5.91 Å². The highest BCUT2D eigenvalue weighted by molar-refractivity contribution is 5.97. The van der Waals surface area contributed by atoms with Gasteiger partial charge < -0.3 is 24.4 Å². The number of imidazole rings is 1. The number of carbonyl (C=O) groups is 3. The maximum absolute atomic E-state index is 13.3. The van der Waals surface area contributed by atoms with E-state index in [1.54, 1.807) is 47.4 Å². The lowest BCUT2D eigenvalue weighted by Crippen LogP contribution is -2.49. The second kappa shape index (κ2) is 10.7. The fourth-order valence-corrected chi connectivity index (χ4v) is 4.96. The van der Waals surface area contributed by atoms with Crippen LogP contribution in [0.3, 0.4) is 0 Å². The highest BCUT2D eigenvalue weighted by Crippen LogP contribution is 2.38. The molecule has 0 saturated carbocycles. The van der Waals surface area contributed by atoms with E-state index in [9.17, 15) is 14.4 Å². The minimum atomic E-state index is -0.479. The predicted molar refractivity (Wildman–Crippen MR) is 126 cm³/mol. The third-order valence-electron chi connectivity index (χ3n) is 7.02. The SMILES string of the molecule is CNC(=O)C12CCCCN(C(=O)Cn3ccnc3)CCOc3ccccc3C(=O)N(CC1)CC2. The van der Waals surface area contributed by atoms with Crippen LogP contribution in [0.1, 0.15) is 42.5 Å². The monoisotopic (exact) mass is 467 g/mol. The molecule has 1 N–H and O–H groups in total. The van der Waals surface area contributed by atoms with Gasteiger partial charge in [-0.2, -0.15) is 0 Å². The van der Waals surface area contributed by atoms with Gasteiger partial charge in [-0.1, -0.05) is 18.6 Å². The second-order valence-electron chi connectivity index (χ2n) is 9.07. The molecule has 3 aliphatic rings. The van der Waals surface area contributed by atoms with E-state index in [2.05, 4.69) is 10.3 Å². The van der Waals surface area contributed by atoms with Crippen molar-refractivity contribution in [3.8, 4) is 5.75 Å². The quantitative estimate of drug-likeness (QED) is 0.744. The highest BCUT2D eigenvalue weighted by Gasteiger charge is 2.41. The van der Waals surface area contributed by atoms with Crippen LogP contribution in [0, 0.1) is 5.41 Å². The molecule has 34 heavy (non-hydrogen) atoms. The van der Waals surface area contributed by atoms with Gasteiger partial charge in [-0.25, -0.2) is 4.98 Å². The number of nitrogens with one attached hydrogen (secondary N) is 1. The molecule has 4 heterocycles. The zero-order valence-electron chi connectivity index (χ0n) is 19.7. The smallest absolute Gasteiger partial charge is 0.257 e. The summed E-state index contributed by atoms with van der Waals surface area (Å²) in [7, 11) is 1.67. The van der Waals surface area contributed by atoms with Crippen molar-refractivity contribution in [2.45, 2.75) is 38.6 Å². The van der Waals surface area contributed by atoms with Crippen molar-refractivity contribution in [3.05, 3.63) is 48.5 Å². The third-order valence-corrected chi connectivity index (χ3v) is 7.02. The van der Waals surface area contributed by atoms with Crippen LogP contribution in [0.2, 0.25) is 0 Å². The topological polar surface area (TPSA) is 96.8 Å². The standard InChI is InChI=1S/C25H33N5O4/c1-26-24(33)25-8-4-5-12-29(22(31)18-28-15-11-27-19-28)16-17-34-21-7-3-2-6-20(21)23(32)30(13-9-25)14-10-25/h2-3,6-7,11,15,19H,4-5,8-10,12-14,16-18H2,1H3,(H,26,33). The minimum Gasteiger partial charge on any atom is -0.491 e. The molecule has 0 unspecified atom stereocenters. The maximum Gasteiger partial charge on any atom is 0.257 e. The number of hydrogen-bond donors (Lipinski definition) is 1. The zero-order valence-corrected chi connectivity index (χ0v) is 19.7. The van der Waals surface area contributed by atoms with Crippen LogP contribution in [0.25, 0.3) is 0 Å². The Morgan fingerprint density at radius 1 is 1.09 bits per heavy atom. The molecule has 1 aromatic carbocycles. The maximum atomic E-state index is 13.3. The van der Waals surface area contributed by atoms with E-state index in [1.165, 1.54) is 0 Å². The molecule has 3 aliphatic heterocycles. The third kappa shape index (κ3) is 5.24. The van der Waals surface area contributed by atoms with Gasteiger partial charge in [-0.15, -0.1) is 0 Å². The molecule has 0 spiro atoms. The Morgan fingerprint density at radius 2 is 1.88 bits per heavy atom. The van der Waals surface area contributed by atoms with Crippen LogP contribution in [-0.4, -0.2) is 76.9 Å². The Hall–Kier alpha value is -3.36. The molecule has 5 rings (SSSR count). The van der Waals surface area contributed by atoms with E-state index in [0.717, 1.165) is 19.3 Å². The van der Waals surface area contributed by atoms with E-state index >= 15 is 0 Å². The molecule has 2 aromatic rings. The number of hydrogen-bond acceptors (Lipinski definition) is 5. The summed E-state index contributed by atoms with van der Waals surface area (Å²) < 4.78 is 7.76. The summed E-state index contributed by atoms with van der Waals surface area (Å²) in [4.78, 5) is 46.8. The first-order chi connectivity index (χ1) is 16.5. The molecule has 1 aromatic heterocycles. The average molecular weight is 468 g/mol. The predicted octanol–water partition coefficient (Wildman–Crippen LogP) is 1.94. The molecule has 0 atom stereocenters.